The summed E-state index contributed by atoms with van der Waals surface area (Å²) in [5.41, 5.74) is 0. The van der Waals surface area contributed by atoms with Crippen molar-refractivity contribution in [2.75, 3.05) is 19.8 Å². The Morgan fingerprint density at radius 2 is 2.05 bits per heavy atom. The van der Waals surface area contributed by atoms with Crippen molar-refractivity contribution in [2.24, 2.45) is 5.92 Å². The van der Waals surface area contributed by atoms with Crippen LogP contribution >= 0.6 is 22.7 Å². The van der Waals surface area contributed by atoms with Crippen LogP contribution in [-0.2, 0) is 11.2 Å². The van der Waals surface area contributed by atoms with Gasteiger partial charge >= 0.3 is 0 Å². The second-order valence-electron chi connectivity index (χ2n) is 5.68. The number of ether oxygens (including phenoxy) is 1. The summed E-state index contributed by atoms with van der Waals surface area (Å²) in [4.78, 5) is 2.88. The molecular formula is C17H23NOS2. The summed E-state index contributed by atoms with van der Waals surface area (Å²) >= 11 is 3.69. The molecule has 114 valence electrons. The van der Waals surface area contributed by atoms with E-state index >= 15 is 0 Å². The van der Waals surface area contributed by atoms with Crippen LogP contribution in [0.1, 0.15) is 35.1 Å². The Morgan fingerprint density at radius 3 is 2.76 bits per heavy atom. The lowest BCUT2D eigenvalue weighted by Crippen LogP contribution is -2.24. The first-order valence-electron chi connectivity index (χ1n) is 7.79. The van der Waals surface area contributed by atoms with Gasteiger partial charge in [0, 0.05) is 35.4 Å². The van der Waals surface area contributed by atoms with Gasteiger partial charge in [-0.25, -0.2) is 0 Å². The lowest BCUT2D eigenvalue weighted by atomic mass is 10.1. The molecule has 0 aromatic carbocycles. The molecule has 2 aromatic rings. The number of hydrogen-bond donors (Lipinski definition) is 1. The van der Waals surface area contributed by atoms with Gasteiger partial charge in [0.05, 0.1) is 0 Å². The van der Waals surface area contributed by atoms with Crippen molar-refractivity contribution in [3.63, 3.8) is 0 Å². The minimum Gasteiger partial charge on any atom is -0.381 e. The molecule has 2 heterocycles. The maximum Gasteiger partial charge on any atom is 0.0494 e. The second kappa shape index (κ2) is 8.08. The Balaban J connectivity index is 1.41. The maximum absolute atomic E-state index is 5.70. The van der Waals surface area contributed by atoms with Gasteiger partial charge in [-0.05, 0) is 54.6 Å². The molecular weight excluding hydrogens is 298 g/mol. The van der Waals surface area contributed by atoms with Crippen molar-refractivity contribution in [3.05, 3.63) is 44.8 Å². The Labute approximate surface area is 135 Å². The first kappa shape index (κ1) is 15.2. The number of nitrogens with one attached hydrogen (secondary N) is 1. The summed E-state index contributed by atoms with van der Waals surface area (Å²) in [6.07, 6.45) is 4.93. The fourth-order valence-corrected chi connectivity index (χ4v) is 3.93. The quantitative estimate of drug-likeness (QED) is 0.651. The first-order valence-corrected chi connectivity index (χ1v) is 9.54. The minimum absolute atomic E-state index is 0.437. The molecule has 1 N–H and O–H groups in total. The molecule has 1 atom stereocenters. The molecule has 0 amide bonds. The van der Waals surface area contributed by atoms with E-state index in [4.69, 9.17) is 4.74 Å². The van der Waals surface area contributed by atoms with Gasteiger partial charge in [0.1, 0.15) is 0 Å². The zero-order valence-corrected chi connectivity index (χ0v) is 13.9. The van der Waals surface area contributed by atoms with E-state index in [1.807, 2.05) is 22.7 Å². The van der Waals surface area contributed by atoms with E-state index in [1.165, 1.54) is 22.6 Å². The molecule has 1 unspecified atom stereocenters. The van der Waals surface area contributed by atoms with Gasteiger partial charge in [-0.15, -0.1) is 22.7 Å². The van der Waals surface area contributed by atoms with Crippen molar-refractivity contribution >= 4 is 22.7 Å². The van der Waals surface area contributed by atoms with Crippen LogP contribution in [0.2, 0.25) is 0 Å². The maximum atomic E-state index is 5.70. The van der Waals surface area contributed by atoms with Gasteiger partial charge in [-0.2, -0.15) is 0 Å². The predicted octanol–water partition coefficient (Wildman–Crippen LogP) is 4.50. The van der Waals surface area contributed by atoms with Crippen molar-refractivity contribution in [1.82, 2.24) is 5.32 Å². The summed E-state index contributed by atoms with van der Waals surface area (Å²) in [6.45, 7) is 2.89. The third-order valence-electron chi connectivity index (χ3n) is 3.78. The van der Waals surface area contributed by atoms with Gasteiger partial charge in [0.2, 0.25) is 0 Å². The van der Waals surface area contributed by atoms with Crippen LogP contribution in [0.3, 0.4) is 0 Å². The average molecular weight is 322 g/mol. The fraction of sp³-hybridized carbons (Fsp3) is 0.529. The predicted molar refractivity (Wildman–Crippen MR) is 91.2 cm³/mol. The standard InChI is InChI=1S/C17H23NOS2/c1-4-15(20-10-1)12-16(17-5-2-11-21-17)18-8-3-9-19-13-14-6-7-14/h1-2,4-5,10-11,14,16,18H,3,6-9,12-13H2. The Kier molecular flexibility index (Phi) is 5.86. The molecule has 0 aliphatic heterocycles. The fourth-order valence-electron chi connectivity index (χ4n) is 2.38. The zero-order valence-electron chi connectivity index (χ0n) is 12.3. The molecule has 0 bridgehead atoms. The smallest absolute Gasteiger partial charge is 0.0494 e. The minimum atomic E-state index is 0.437. The molecule has 4 heteroatoms. The summed E-state index contributed by atoms with van der Waals surface area (Å²) in [5, 5.41) is 8.02. The van der Waals surface area contributed by atoms with Crippen LogP contribution in [0.5, 0.6) is 0 Å². The molecule has 0 spiro atoms. The van der Waals surface area contributed by atoms with Crippen LogP contribution in [0.4, 0.5) is 0 Å². The molecule has 1 fully saturated rings. The molecule has 1 saturated carbocycles. The second-order valence-corrected chi connectivity index (χ2v) is 7.69. The summed E-state index contributed by atoms with van der Waals surface area (Å²) < 4.78 is 5.70. The highest BCUT2D eigenvalue weighted by atomic mass is 32.1. The summed E-state index contributed by atoms with van der Waals surface area (Å²) in [6, 6.07) is 9.18. The van der Waals surface area contributed by atoms with Gasteiger partial charge in [0.15, 0.2) is 0 Å². The molecule has 1 aliphatic carbocycles. The topological polar surface area (TPSA) is 21.3 Å². The monoisotopic (exact) mass is 321 g/mol. The third-order valence-corrected chi connectivity index (χ3v) is 5.66. The van der Waals surface area contributed by atoms with E-state index in [0.717, 1.165) is 38.5 Å². The van der Waals surface area contributed by atoms with Crippen molar-refractivity contribution in [1.29, 1.82) is 0 Å². The molecule has 2 aromatic heterocycles. The van der Waals surface area contributed by atoms with Crippen LogP contribution in [0.25, 0.3) is 0 Å². The van der Waals surface area contributed by atoms with Crippen LogP contribution in [0.15, 0.2) is 35.0 Å². The van der Waals surface area contributed by atoms with Crippen LogP contribution < -0.4 is 5.32 Å². The van der Waals surface area contributed by atoms with Gasteiger partial charge in [-0.3, -0.25) is 0 Å². The largest absolute Gasteiger partial charge is 0.381 e. The molecule has 2 nitrogen and oxygen atoms in total. The van der Waals surface area contributed by atoms with E-state index in [2.05, 4.69) is 40.3 Å². The van der Waals surface area contributed by atoms with Crippen molar-refractivity contribution < 1.29 is 4.74 Å². The van der Waals surface area contributed by atoms with Gasteiger partial charge in [-0.1, -0.05) is 12.1 Å². The van der Waals surface area contributed by atoms with Gasteiger partial charge in [0.25, 0.3) is 0 Å². The number of hydrogen-bond acceptors (Lipinski definition) is 4. The van der Waals surface area contributed by atoms with E-state index in [1.54, 1.807) is 0 Å². The molecule has 1 aliphatic rings. The molecule has 21 heavy (non-hydrogen) atoms. The van der Waals surface area contributed by atoms with E-state index in [0.29, 0.717) is 6.04 Å². The van der Waals surface area contributed by atoms with Gasteiger partial charge < -0.3 is 10.1 Å². The van der Waals surface area contributed by atoms with E-state index < -0.39 is 0 Å². The average Bonchev–Trinajstić information content (AvgIpc) is 2.95. The van der Waals surface area contributed by atoms with E-state index in [-0.39, 0.29) is 0 Å². The molecule has 3 rings (SSSR count). The first-order chi connectivity index (χ1) is 10.4. The van der Waals surface area contributed by atoms with Crippen molar-refractivity contribution in [2.45, 2.75) is 31.7 Å². The molecule has 0 saturated heterocycles. The number of thiophene rings is 2. The molecule has 0 radical (unpaired) electrons. The lowest BCUT2D eigenvalue weighted by molar-refractivity contribution is 0.121. The summed E-state index contributed by atoms with van der Waals surface area (Å²) in [5.74, 6) is 0.871. The van der Waals surface area contributed by atoms with Crippen molar-refractivity contribution in [3.8, 4) is 0 Å². The highest BCUT2D eigenvalue weighted by Crippen LogP contribution is 2.28. The Morgan fingerprint density at radius 1 is 1.19 bits per heavy atom. The zero-order chi connectivity index (χ0) is 14.3. The Bertz CT molecular complexity index is 491. The Hall–Kier alpha value is -0.680. The number of rotatable bonds is 10. The van der Waals surface area contributed by atoms with Crippen LogP contribution in [-0.4, -0.2) is 19.8 Å². The SMILES string of the molecule is c1csc(CC(NCCCOCC2CC2)c2cccs2)c1. The van der Waals surface area contributed by atoms with Crippen LogP contribution in [0, 0.1) is 5.92 Å². The highest BCUT2D eigenvalue weighted by Gasteiger charge is 2.20. The summed E-state index contributed by atoms with van der Waals surface area (Å²) in [7, 11) is 0. The normalized spacial score (nSPS) is 16.2. The van der Waals surface area contributed by atoms with E-state index in [9.17, 15) is 0 Å². The third kappa shape index (κ3) is 5.22. The lowest BCUT2D eigenvalue weighted by Gasteiger charge is -2.17. The highest BCUT2D eigenvalue weighted by molar-refractivity contribution is 7.10.